The zero-order valence-electron chi connectivity index (χ0n) is 8.60. The summed E-state index contributed by atoms with van der Waals surface area (Å²) in [5.74, 6) is 0.107. The molecule has 0 aromatic heterocycles. The number of hydrogen-bond acceptors (Lipinski definition) is 2. The van der Waals surface area contributed by atoms with Gasteiger partial charge in [-0.1, -0.05) is 13.0 Å². The van der Waals surface area contributed by atoms with Crippen LogP contribution in [0.25, 0.3) is 0 Å². The minimum atomic E-state index is 0.107. The van der Waals surface area contributed by atoms with E-state index in [-0.39, 0.29) is 11.9 Å². The molecule has 0 fully saturated rings. The molecule has 0 bridgehead atoms. The Hall–Kier alpha value is -0.830. The van der Waals surface area contributed by atoms with Crippen LogP contribution in [0.5, 0.6) is 0 Å². The molecule has 0 rings (SSSR count). The number of carbonyl (C=O) groups excluding carboxylic acids is 1. The van der Waals surface area contributed by atoms with Crippen LogP contribution >= 0.6 is 0 Å². The molecule has 76 valence electrons. The third kappa shape index (κ3) is 7.53. The van der Waals surface area contributed by atoms with Gasteiger partial charge in [-0.15, -0.1) is 6.58 Å². The fraction of sp³-hybridized carbons (Fsp3) is 0.700. The molecule has 1 unspecified atom stereocenters. The first-order valence-electron chi connectivity index (χ1n) is 4.81. The summed E-state index contributed by atoms with van der Waals surface area (Å²) in [4.78, 5) is 11.2. The average molecular weight is 184 g/mol. The van der Waals surface area contributed by atoms with Crippen molar-refractivity contribution in [1.29, 1.82) is 0 Å². The monoisotopic (exact) mass is 184 g/mol. The third-order valence-electron chi connectivity index (χ3n) is 1.71. The van der Waals surface area contributed by atoms with Gasteiger partial charge in [0.15, 0.2) is 0 Å². The second-order valence-electron chi connectivity index (χ2n) is 3.09. The minimum absolute atomic E-state index is 0.107. The van der Waals surface area contributed by atoms with E-state index < -0.39 is 0 Å². The smallest absolute Gasteiger partial charge is 0.221 e. The van der Waals surface area contributed by atoms with Gasteiger partial charge in [0.1, 0.15) is 0 Å². The lowest BCUT2D eigenvalue weighted by atomic mass is 10.2. The molecule has 0 aliphatic heterocycles. The highest BCUT2D eigenvalue weighted by Gasteiger charge is 2.05. The summed E-state index contributed by atoms with van der Waals surface area (Å²) in [6, 6.07) is 0.258. The molecule has 0 aliphatic carbocycles. The quantitative estimate of drug-likeness (QED) is 0.459. The summed E-state index contributed by atoms with van der Waals surface area (Å²) < 4.78 is 0. The fourth-order valence-corrected chi connectivity index (χ4v) is 1.08. The number of carbonyl (C=O) groups is 1. The molecule has 0 radical (unpaired) electrons. The van der Waals surface area contributed by atoms with Crippen LogP contribution in [0.15, 0.2) is 12.7 Å². The van der Waals surface area contributed by atoms with Crippen molar-refractivity contribution in [3.63, 3.8) is 0 Å². The maximum absolute atomic E-state index is 11.2. The lowest BCUT2D eigenvalue weighted by Gasteiger charge is -2.11. The molecular formula is C10H20N2O. The molecular weight excluding hydrogens is 164 g/mol. The van der Waals surface area contributed by atoms with E-state index >= 15 is 0 Å². The zero-order chi connectivity index (χ0) is 10.1. The standard InChI is InChI=1S/C10H20N2O/c1-4-6-7-12-10(13)8-9(3)11-5-2/h4,9,11H,1,5-8H2,2-3H3,(H,12,13). The Morgan fingerprint density at radius 3 is 2.85 bits per heavy atom. The first kappa shape index (κ1) is 12.2. The molecule has 2 N–H and O–H groups in total. The summed E-state index contributed by atoms with van der Waals surface area (Å²) in [5.41, 5.74) is 0. The lowest BCUT2D eigenvalue weighted by Crippen LogP contribution is -2.33. The number of rotatable bonds is 7. The van der Waals surface area contributed by atoms with Crippen molar-refractivity contribution in [2.45, 2.75) is 32.7 Å². The van der Waals surface area contributed by atoms with Gasteiger partial charge in [0.25, 0.3) is 0 Å². The van der Waals surface area contributed by atoms with Crippen molar-refractivity contribution in [2.75, 3.05) is 13.1 Å². The second kappa shape index (κ2) is 7.80. The molecule has 0 spiro atoms. The van der Waals surface area contributed by atoms with E-state index in [0.29, 0.717) is 13.0 Å². The van der Waals surface area contributed by atoms with Gasteiger partial charge >= 0.3 is 0 Å². The SMILES string of the molecule is C=CCCNC(=O)CC(C)NCC. The molecule has 3 heteroatoms. The van der Waals surface area contributed by atoms with E-state index in [4.69, 9.17) is 0 Å². The molecule has 0 aromatic carbocycles. The maximum atomic E-state index is 11.2. The van der Waals surface area contributed by atoms with Crippen LogP contribution in [0.1, 0.15) is 26.7 Å². The van der Waals surface area contributed by atoms with Crippen molar-refractivity contribution in [2.24, 2.45) is 0 Å². The Morgan fingerprint density at radius 2 is 2.31 bits per heavy atom. The molecule has 1 amide bonds. The van der Waals surface area contributed by atoms with Crippen molar-refractivity contribution in [3.05, 3.63) is 12.7 Å². The predicted molar refractivity (Wildman–Crippen MR) is 55.6 cm³/mol. The molecule has 13 heavy (non-hydrogen) atoms. The van der Waals surface area contributed by atoms with Crippen LogP contribution in [0.2, 0.25) is 0 Å². The fourth-order valence-electron chi connectivity index (χ4n) is 1.08. The van der Waals surface area contributed by atoms with Gasteiger partial charge in [0.05, 0.1) is 0 Å². The summed E-state index contributed by atoms with van der Waals surface area (Å²) in [5, 5.41) is 6.01. The van der Waals surface area contributed by atoms with Gasteiger partial charge in [0.2, 0.25) is 5.91 Å². The highest BCUT2D eigenvalue weighted by atomic mass is 16.1. The number of amides is 1. The van der Waals surface area contributed by atoms with E-state index in [1.807, 2.05) is 13.8 Å². The van der Waals surface area contributed by atoms with E-state index in [2.05, 4.69) is 17.2 Å². The van der Waals surface area contributed by atoms with Crippen LogP contribution in [-0.4, -0.2) is 25.0 Å². The van der Waals surface area contributed by atoms with Crippen LogP contribution in [0.4, 0.5) is 0 Å². The predicted octanol–water partition coefficient (Wildman–Crippen LogP) is 1.07. The van der Waals surface area contributed by atoms with Gasteiger partial charge in [-0.05, 0) is 19.9 Å². The summed E-state index contributed by atoms with van der Waals surface area (Å²) in [7, 11) is 0. The van der Waals surface area contributed by atoms with Crippen molar-refractivity contribution < 1.29 is 4.79 Å². The molecule has 3 nitrogen and oxygen atoms in total. The van der Waals surface area contributed by atoms with Crippen molar-refractivity contribution >= 4 is 5.91 Å². The van der Waals surface area contributed by atoms with Crippen LogP contribution in [0.3, 0.4) is 0 Å². The van der Waals surface area contributed by atoms with Crippen LogP contribution < -0.4 is 10.6 Å². The summed E-state index contributed by atoms with van der Waals surface area (Å²) in [6.07, 6.45) is 3.18. The Bertz CT molecular complexity index is 157. The largest absolute Gasteiger partial charge is 0.356 e. The minimum Gasteiger partial charge on any atom is -0.356 e. The first-order valence-corrected chi connectivity index (χ1v) is 4.81. The lowest BCUT2D eigenvalue weighted by molar-refractivity contribution is -0.121. The molecule has 0 saturated carbocycles. The molecule has 0 aromatic rings. The summed E-state index contributed by atoms with van der Waals surface area (Å²) >= 11 is 0. The van der Waals surface area contributed by atoms with E-state index in [1.165, 1.54) is 0 Å². The van der Waals surface area contributed by atoms with Gasteiger partial charge in [-0.2, -0.15) is 0 Å². The highest BCUT2D eigenvalue weighted by Crippen LogP contribution is 1.89. The molecule has 1 atom stereocenters. The van der Waals surface area contributed by atoms with Crippen molar-refractivity contribution in [3.8, 4) is 0 Å². The Morgan fingerprint density at radius 1 is 1.62 bits per heavy atom. The van der Waals surface area contributed by atoms with Crippen molar-refractivity contribution in [1.82, 2.24) is 10.6 Å². The second-order valence-corrected chi connectivity index (χ2v) is 3.09. The van der Waals surface area contributed by atoms with Crippen LogP contribution in [-0.2, 0) is 4.79 Å². The number of nitrogens with one attached hydrogen (secondary N) is 2. The van der Waals surface area contributed by atoms with Gasteiger partial charge in [0, 0.05) is 19.0 Å². The topological polar surface area (TPSA) is 41.1 Å². The van der Waals surface area contributed by atoms with Crippen LogP contribution in [0, 0.1) is 0 Å². The van der Waals surface area contributed by atoms with Gasteiger partial charge in [-0.3, -0.25) is 4.79 Å². The summed E-state index contributed by atoms with van der Waals surface area (Å²) in [6.45, 7) is 9.23. The van der Waals surface area contributed by atoms with E-state index in [9.17, 15) is 4.79 Å². The first-order chi connectivity index (χ1) is 6.20. The third-order valence-corrected chi connectivity index (χ3v) is 1.71. The maximum Gasteiger partial charge on any atom is 0.221 e. The molecule has 0 heterocycles. The van der Waals surface area contributed by atoms with E-state index in [0.717, 1.165) is 13.0 Å². The average Bonchev–Trinajstić information content (AvgIpc) is 2.05. The van der Waals surface area contributed by atoms with Gasteiger partial charge in [-0.25, -0.2) is 0 Å². The normalized spacial score (nSPS) is 12.2. The molecule has 0 saturated heterocycles. The number of hydrogen-bond donors (Lipinski definition) is 2. The highest BCUT2D eigenvalue weighted by molar-refractivity contribution is 5.76. The molecule has 0 aliphatic rings. The zero-order valence-corrected chi connectivity index (χ0v) is 8.60. The Balaban J connectivity index is 3.43. The Labute approximate surface area is 80.6 Å². The Kier molecular flexibility index (Phi) is 7.30. The van der Waals surface area contributed by atoms with E-state index in [1.54, 1.807) is 6.08 Å². The van der Waals surface area contributed by atoms with Gasteiger partial charge < -0.3 is 10.6 Å².